The molecular formula is C18H26BrN5OS. The fourth-order valence-corrected chi connectivity index (χ4v) is 4.79. The molecule has 8 heteroatoms. The summed E-state index contributed by atoms with van der Waals surface area (Å²) < 4.78 is 6.43. The van der Waals surface area contributed by atoms with Gasteiger partial charge in [-0.3, -0.25) is 9.89 Å². The Bertz CT molecular complexity index is 729. The van der Waals surface area contributed by atoms with Crippen molar-refractivity contribution in [3.8, 4) is 0 Å². The van der Waals surface area contributed by atoms with E-state index < -0.39 is 0 Å². The maximum absolute atomic E-state index is 5.23. The highest BCUT2D eigenvalue weighted by Gasteiger charge is 2.20. The van der Waals surface area contributed by atoms with Crippen LogP contribution >= 0.6 is 27.3 Å². The van der Waals surface area contributed by atoms with E-state index in [9.17, 15) is 0 Å². The normalized spacial score (nSPS) is 16.3. The van der Waals surface area contributed by atoms with Gasteiger partial charge in [-0.15, -0.1) is 11.3 Å². The molecule has 1 saturated heterocycles. The van der Waals surface area contributed by atoms with Gasteiger partial charge in [-0.2, -0.15) is 0 Å². The summed E-state index contributed by atoms with van der Waals surface area (Å²) in [5.41, 5.74) is 2.17. The number of halogens is 1. The molecule has 2 aromatic heterocycles. The molecule has 3 rings (SSSR count). The van der Waals surface area contributed by atoms with Gasteiger partial charge in [-0.25, -0.2) is 0 Å². The van der Waals surface area contributed by atoms with E-state index in [4.69, 9.17) is 4.52 Å². The molecule has 1 aliphatic heterocycles. The van der Waals surface area contributed by atoms with Crippen LogP contribution in [0.1, 0.15) is 21.9 Å². The fourth-order valence-electron chi connectivity index (χ4n) is 3.27. The van der Waals surface area contributed by atoms with Crippen molar-refractivity contribution < 1.29 is 4.52 Å². The van der Waals surface area contributed by atoms with Crippen LogP contribution < -0.4 is 5.32 Å². The molecule has 0 unspecified atom stereocenters. The molecule has 26 heavy (non-hydrogen) atoms. The predicted octanol–water partition coefficient (Wildman–Crippen LogP) is 3.05. The third-order valence-corrected chi connectivity index (χ3v) is 6.34. The third-order valence-electron chi connectivity index (χ3n) is 4.73. The molecule has 142 valence electrons. The first-order valence-electron chi connectivity index (χ1n) is 8.90. The van der Waals surface area contributed by atoms with Gasteiger partial charge in [0, 0.05) is 56.8 Å². The van der Waals surface area contributed by atoms with Crippen LogP contribution in [0, 0.1) is 13.8 Å². The zero-order valence-corrected chi connectivity index (χ0v) is 18.0. The second-order valence-electron chi connectivity index (χ2n) is 6.50. The van der Waals surface area contributed by atoms with E-state index >= 15 is 0 Å². The van der Waals surface area contributed by atoms with E-state index in [0.717, 1.165) is 63.1 Å². The maximum atomic E-state index is 5.23. The van der Waals surface area contributed by atoms with E-state index in [1.807, 2.05) is 32.2 Å². The standard InChI is InChI=1S/C18H26BrN5OS/c1-13-16(14(2)25-22-13)6-7-21-18(20-3)24-10-8-23(9-11-24)12-15-4-5-17(19)26-15/h4-5H,6-12H2,1-3H3,(H,20,21). The van der Waals surface area contributed by atoms with Crippen molar-refractivity contribution in [3.05, 3.63) is 37.8 Å². The molecule has 0 aromatic carbocycles. The average molecular weight is 440 g/mol. The van der Waals surface area contributed by atoms with Crippen LogP contribution in [0.4, 0.5) is 0 Å². The second kappa shape index (κ2) is 9.01. The lowest BCUT2D eigenvalue weighted by Gasteiger charge is -2.36. The lowest BCUT2D eigenvalue weighted by molar-refractivity contribution is 0.174. The quantitative estimate of drug-likeness (QED) is 0.572. The van der Waals surface area contributed by atoms with Crippen molar-refractivity contribution in [1.82, 2.24) is 20.3 Å². The Morgan fingerprint density at radius 1 is 1.31 bits per heavy atom. The summed E-state index contributed by atoms with van der Waals surface area (Å²) >= 11 is 5.36. The minimum Gasteiger partial charge on any atom is -0.361 e. The largest absolute Gasteiger partial charge is 0.361 e. The molecule has 0 atom stereocenters. The van der Waals surface area contributed by atoms with Crippen molar-refractivity contribution in [2.24, 2.45) is 4.99 Å². The first-order chi connectivity index (χ1) is 12.6. The highest BCUT2D eigenvalue weighted by atomic mass is 79.9. The summed E-state index contributed by atoms with van der Waals surface area (Å²) in [6, 6.07) is 4.33. The zero-order chi connectivity index (χ0) is 18.5. The lowest BCUT2D eigenvalue weighted by Crippen LogP contribution is -2.52. The lowest BCUT2D eigenvalue weighted by atomic mass is 10.1. The van der Waals surface area contributed by atoms with Crippen molar-refractivity contribution in [1.29, 1.82) is 0 Å². The van der Waals surface area contributed by atoms with Gasteiger partial charge in [0.15, 0.2) is 5.96 Å². The molecule has 0 amide bonds. The summed E-state index contributed by atoms with van der Waals surface area (Å²) in [6.45, 7) is 9.93. The summed E-state index contributed by atoms with van der Waals surface area (Å²) in [4.78, 5) is 10.7. The minimum atomic E-state index is 0.832. The van der Waals surface area contributed by atoms with Crippen LogP contribution in [0.2, 0.25) is 0 Å². The van der Waals surface area contributed by atoms with E-state index in [-0.39, 0.29) is 0 Å². The number of aliphatic imine (C=N–C) groups is 1. The van der Waals surface area contributed by atoms with Gasteiger partial charge in [0.25, 0.3) is 0 Å². The fraction of sp³-hybridized carbons (Fsp3) is 0.556. The smallest absolute Gasteiger partial charge is 0.193 e. The molecule has 0 radical (unpaired) electrons. The molecule has 2 aromatic rings. The first kappa shape index (κ1) is 19.4. The van der Waals surface area contributed by atoms with Crippen LogP contribution in [-0.2, 0) is 13.0 Å². The average Bonchev–Trinajstić information content (AvgIpc) is 3.19. The number of aromatic nitrogens is 1. The Kier molecular flexibility index (Phi) is 6.72. The number of rotatable bonds is 5. The Morgan fingerprint density at radius 3 is 2.65 bits per heavy atom. The van der Waals surface area contributed by atoms with Gasteiger partial charge in [-0.05, 0) is 48.3 Å². The van der Waals surface area contributed by atoms with Crippen molar-refractivity contribution >= 4 is 33.2 Å². The summed E-state index contributed by atoms with van der Waals surface area (Å²) in [7, 11) is 1.85. The van der Waals surface area contributed by atoms with Gasteiger partial charge >= 0.3 is 0 Å². The number of nitrogens with zero attached hydrogens (tertiary/aromatic N) is 4. The van der Waals surface area contributed by atoms with Gasteiger partial charge < -0.3 is 14.7 Å². The first-order valence-corrected chi connectivity index (χ1v) is 10.5. The summed E-state index contributed by atoms with van der Waals surface area (Å²) in [5, 5.41) is 7.50. The van der Waals surface area contributed by atoms with E-state index in [0.29, 0.717) is 0 Å². The van der Waals surface area contributed by atoms with Crippen molar-refractivity contribution in [2.75, 3.05) is 39.8 Å². The Balaban J connectivity index is 1.44. The van der Waals surface area contributed by atoms with E-state index in [1.54, 1.807) is 0 Å². The number of thiophene rings is 1. The zero-order valence-electron chi connectivity index (χ0n) is 15.6. The monoisotopic (exact) mass is 439 g/mol. The summed E-state index contributed by atoms with van der Waals surface area (Å²) in [6.07, 6.45) is 0.896. The van der Waals surface area contributed by atoms with Crippen molar-refractivity contribution in [2.45, 2.75) is 26.8 Å². The Labute approximate surface area is 167 Å². The number of nitrogens with one attached hydrogen (secondary N) is 1. The Hall–Kier alpha value is -1.38. The van der Waals surface area contributed by atoms with Crippen LogP contribution in [0.3, 0.4) is 0 Å². The van der Waals surface area contributed by atoms with Crippen LogP contribution in [0.25, 0.3) is 0 Å². The molecule has 3 heterocycles. The highest BCUT2D eigenvalue weighted by Crippen LogP contribution is 2.23. The number of hydrogen-bond acceptors (Lipinski definition) is 5. The van der Waals surface area contributed by atoms with E-state index in [2.05, 4.69) is 53.3 Å². The number of hydrogen-bond donors (Lipinski definition) is 1. The molecule has 0 bridgehead atoms. The molecule has 1 N–H and O–H groups in total. The maximum Gasteiger partial charge on any atom is 0.193 e. The van der Waals surface area contributed by atoms with E-state index in [1.165, 1.54) is 14.2 Å². The summed E-state index contributed by atoms with van der Waals surface area (Å²) in [5.74, 6) is 1.89. The van der Waals surface area contributed by atoms with Crippen LogP contribution in [-0.4, -0.2) is 60.7 Å². The molecule has 0 spiro atoms. The van der Waals surface area contributed by atoms with Gasteiger partial charge in [0.05, 0.1) is 9.48 Å². The van der Waals surface area contributed by atoms with Crippen LogP contribution in [0.15, 0.2) is 25.4 Å². The molecular weight excluding hydrogens is 414 g/mol. The third kappa shape index (κ3) is 4.86. The topological polar surface area (TPSA) is 56.9 Å². The highest BCUT2D eigenvalue weighted by molar-refractivity contribution is 9.11. The van der Waals surface area contributed by atoms with Crippen molar-refractivity contribution in [3.63, 3.8) is 0 Å². The van der Waals surface area contributed by atoms with Gasteiger partial charge in [0.1, 0.15) is 5.76 Å². The molecule has 0 aliphatic carbocycles. The number of guanidine groups is 1. The number of aryl methyl sites for hydroxylation is 2. The molecule has 1 aliphatic rings. The molecule has 0 saturated carbocycles. The molecule has 1 fully saturated rings. The minimum absolute atomic E-state index is 0.832. The Morgan fingerprint density at radius 2 is 2.08 bits per heavy atom. The van der Waals surface area contributed by atoms with Crippen LogP contribution in [0.5, 0.6) is 0 Å². The van der Waals surface area contributed by atoms with Gasteiger partial charge in [-0.1, -0.05) is 5.16 Å². The number of piperazine rings is 1. The molecule has 6 nitrogen and oxygen atoms in total. The van der Waals surface area contributed by atoms with Gasteiger partial charge in [0.2, 0.25) is 0 Å². The SMILES string of the molecule is CN=C(NCCc1c(C)noc1C)N1CCN(Cc2ccc(Br)s2)CC1. The predicted molar refractivity (Wildman–Crippen MR) is 110 cm³/mol. The second-order valence-corrected chi connectivity index (χ2v) is 9.04.